The summed E-state index contributed by atoms with van der Waals surface area (Å²) in [5.74, 6) is 0.451. The quantitative estimate of drug-likeness (QED) is 0.827. The van der Waals surface area contributed by atoms with E-state index in [2.05, 4.69) is 9.71 Å². The Hall–Kier alpha value is -0.650. The van der Waals surface area contributed by atoms with Crippen LogP contribution in [0.4, 0.5) is 0 Å². The molecule has 0 amide bonds. The summed E-state index contributed by atoms with van der Waals surface area (Å²) in [5.41, 5.74) is 0. The summed E-state index contributed by atoms with van der Waals surface area (Å²) in [6, 6.07) is 2.98. The second-order valence-corrected chi connectivity index (χ2v) is 5.97. The van der Waals surface area contributed by atoms with Gasteiger partial charge < -0.3 is 0 Å². The van der Waals surface area contributed by atoms with Gasteiger partial charge in [-0.25, -0.2) is 18.1 Å². The molecule has 1 rings (SSSR count). The minimum absolute atomic E-state index is 0.000420. The zero-order valence-electron chi connectivity index (χ0n) is 9.27. The van der Waals surface area contributed by atoms with E-state index in [0.29, 0.717) is 12.5 Å². The summed E-state index contributed by atoms with van der Waals surface area (Å²) in [5, 5.41) is -0.000420. The molecule has 6 heteroatoms. The lowest BCUT2D eigenvalue weighted by molar-refractivity contribution is 0.551. The molecule has 0 aliphatic rings. The molecule has 16 heavy (non-hydrogen) atoms. The molecule has 0 fully saturated rings. The molecule has 0 saturated carbocycles. The molecule has 90 valence electrons. The summed E-state index contributed by atoms with van der Waals surface area (Å²) in [6.45, 7) is 4.47. The van der Waals surface area contributed by atoms with E-state index >= 15 is 0 Å². The summed E-state index contributed by atoms with van der Waals surface area (Å²) in [4.78, 5) is 3.76. The average molecular weight is 263 g/mol. The normalized spacial score (nSPS) is 12.0. The predicted molar refractivity (Wildman–Crippen MR) is 63.9 cm³/mol. The third-order valence-corrected chi connectivity index (χ3v) is 3.93. The van der Waals surface area contributed by atoms with Crippen molar-refractivity contribution in [2.24, 2.45) is 5.92 Å². The Bertz CT molecular complexity index is 446. The Morgan fingerprint density at radius 1 is 1.50 bits per heavy atom. The van der Waals surface area contributed by atoms with E-state index in [9.17, 15) is 8.42 Å². The number of nitrogens with one attached hydrogen (secondary N) is 1. The summed E-state index contributed by atoms with van der Waals surface area (Å²) in [6.07, 6.45) is 2.24. The largest absolute Gasteiger partial charge is 0.243 e. The molecule has 0 aliphatic carbocycles. The van der Waals surface area contributed by atoms with E-state index in [1.54, 1.807) is 6.07 Å². The van der Waals surface area contributed by atoms with Gasteiger partial charge in [0.1, 0.15) is 10.0 Å². The highest BCUT2D eigenvalue weighted by atomic mass is 35.5. The molecule has 0 unspecified atom stereocenters. The van der Waals surface area contributed by atoms with Crippen molar-refractivity contribution < 1.29 is 8.42 Å². The number of sulfonamides is 1. The number of rotatable bonds is 5. The molecule has 0 radical (unpaired) electrons. The van der Waals surface area contributed by atoms with E-state index in [1.807, 2.05) is 13.8 Å². The van der Waals surface area contributed by atoms with E-state index in [0.717, 1.165) is 6.42 Å². The molecule has 0 aromatic carbocycles. The Labute approximate surface area is 101 Å². The van der Waals surface area contributed by atoms with E-state index in [1.165, 1.54) is 12.3 Å². The first-order valence-electron chi connectivity index (χ1n) is 5.03. The molecule has 0 spiro atoms. The molecule has 0 saturated heterocycles. The van der Waals surface area contributed by atoms with Gasteiger partial charge in [-0.05, 0) is 24.5 Å². The minimum Gasteiger partial charge on any atom is -0.243 e. The van der Waals surface area contributed by atoms with Crippen LogP contribution in [-0.2, 0) is 10.0 Å². The van der Waals surface area contributed by atoms with Crippen molar-refractivity contribution in [2.75, 3.05) is 6.54 Å². The second kappa shape index (κ2) is 5.61. The SMILES string of the molecule is CC(C)CCNS(=O)(=O)c1cccnc1Cl. The van der Waals surface area contributed by atoms with Crippen LogP contribution in [0.2, 0.25) is 5.15 Å². The maximum Gasteiger partial charge on any atom is 0.243 e. The monoisotopic (exact) mass is 262 g/mol. The second-order valence-electron chi connectivity index (χ2n) is 3.87. The van der Waals surface area contributed by atoms with Crippen molar-refractivity contribution >= 4 is 21.6 Å². The van der Waals surface area contributed by atoms with Gasteiger partial charge in [0.25, 0.3) is 0 Å². The smallest absolute Gasteiger partial charge is 0.243 e. The zero-order chi connectivity index (χ0) is 12.2. The van der Waals surface area contributed by atoms with Gasteiger partial charge in [0.05, 0.1) is 0 Å². The van der Waals surface area contributed by atoms with Crippen LogP contribution in [0, 0.1) is 5.92 Å². The van der Waals surface area contributed by atoms with Crippen molar-refractivity contribution in [3.8, 4) is 0 Å². The summed E-state index contributed by atoms with van der Waals surface area (Å²) < 4.78 is 26.1. The lowest BCUT2D eigenvalue weighted by atomic mass is 10.1. The van der Waals surface area contributed by atoms with Gasteiger partial charge in [0.15, 0.2) is 0 Å². The van der Waals surface area contributed by atoms with Crippen molar-refractivity contribution in [1.29, 1.82) is 0 Å². The fourth-order valence-corrected chi connectivity index (χ4v) is 2.63. The fourth-order valence-electron chi connectivity index (χ4n) is 1.13. The van der Waals surface area contributed by atoms with Crippen molar-refractivity contribution in [3.05, 3.63) is 23.5 Å². The molecule has 0 atom stereocenters. The molecular formula is C10H15ClN2O2S. The highest BCUT2D eigenvalue weighted by Gasteiger charge is 2.17. The summed E-state index contributed by atoms with van der Waals surface area (Å²) in [7, 11) is -3.53. The third kappa shape index (κ3) is 3.73. The topological polar surface area (TPSA) is 59.1 Å². The highest BCUT2D eigenvalue weighted by molar-refractivity contribution is 7.89. The Kier molecular flexibility index (Phi) is 4.70. The van der Waals surface area contributed by atoms with Gasteiger partial charge in [-0.2, -0.15) is 0 Å². The first-order valence-corrected chi connectivity index (χ1v) is 6.90. The number of aromatic nitrogens is 1. The van der Waals surface area contributed by atoms with Gasteiger partial charge in [0.2, 0.25) is 10.0 Å². The Balaban J connectivity index is 2.75. The van der Waals surface area contributed by atoms with Crippen LogP contribution in [0.15, 0.2) is 23.2 Å². The number of halogens is 1. The number of pyridine rings is 1. The van der Waals surface area contributed by atoms with E-state index in [4.69, 9.17) is 11.6 Å². The van der Waals surface area contributed by atoms with Crippen molar-refractivity contribution in [1.82, 2.24) is 9.71 Å². The highest BCUT2D eigenvalue weighted by Crippen LogP contribution is 2.17. The van der Waals surface area contributed by atoms with Crippen LogP contribution in [0.1, 0.15) is 20.3 Å². The van der Waals surface area contributed by atoms with Crippen molar-refractivity contribution in [3.63, 3.8) is 0 Å². The molecule has 0 aliphatic heterocycles. The molecule has 4 nitrogen and oxygen atoms in total. The molecule has 1 heterocycles. The van der Waals surface area contributed by atoms with Crippen LogP contribution in [-0.4, -0.2) is 19.9 Å². The van der Waals surface area contributed by atoms with Crippen LogP contribution < -0.4 is 4.72 Å². The Morgan fingerprint density at radius 2 is 2.19 bits per heavy atom. The Morgan fingerprint density at radius 3 is 2.75 bits per heavy atom. The van der Waals surface area contributed by atoms with Gasteiger partial charge in [-0.3, -0.25) is 0 Å². The van der Waals surface area contributed by atoms with Crippen molar-refractivity contribution in [2.45, 2.75) is 25.2 Å². The standard InChI is InChI=1S/C10H15ClN2O2S/c1-8(2)5-7-13-16(14,15)9-4-3-6-12-10(9)11/h3-4,6,8,13H,5,7H2,1-2H3. The third-order valence-electron chi connectivity index (χ3n) is 2.03. The molecule has 0 bridgehead atoms. The number of hydrogen-bond donors (Lipinski definition) is 1. The lowest BCUT2D eigenvalue weighted by Crippen LogP contribution is -2.26. The summed E-state index contributed by atoms with van der Waals surface area (Å²) >= 11 is 5.72. The van der Waals surface area contributed by atoms with Gasteiger partial charge in [-0.1, -0.05) is 25.4 Å². The minimum atomic E-state index is -3.53. The first kappa shape index (κ1) is 13.4. The molecule has 1 aromatic rings. The maximum absolute atomic E-state index is 11.8. The van der Waals surface area contributed by atoms with Crippen LogP contribution >= 0.6 is 11.6 Å². The van der Waals surface area contributed by atoms with Gasteiger partial charge >= 0.3 is 0 Å². The first-order chi connectivity index (χ1) is 7.43. The fraction of sp³-hybridized carbons (Fsp3) is 0.500. The maximum atomic E-state index is 11.8. The van der Waals surface area contributed by atoms with Gasteiger partial charge in [0, 0.05) is 12.7 Å². The van der Waals surface area contributed by atoms with Gasteiger partial charge in [-0.15, -0.1) is 0 Å². The molecule has 1 aromatic heterocycles. The molecular weight excluding hydrogens is 248 g/mol. The number of hydrogen-bond acceptors (Lipinski definition) is 3. The average Bonchev–Trinajstić information content (AvgIpc) is 2.17. The predicted octanol–water partition coefficient (Wildman–Crippen LogP) is 2.06. The number of nitrogens with zero attached hydrogens (tertiary/aromatic N) is 1. The van der Waals surface area contributed by atoms with Crippen LogP contribution in [0.5, 0.6) is 0 Å². The molecule has 1 N–H and O–H groups in total. The zero-order valence-corrected chi connectivity index (χ0v) is 10.8. The van der Waals surface area contributed by atoms with E-state index in [-0.39, 0.29) is 10.0 Å². The lowest BCUT2D eigenvalue weighted by Gasteiger charge is -2.08. The van der Waals surface area contributed by atoms with Crippen LogP contribution in [0.25, 0.3) is 0 Å². The van der Waals surface area contributed by atoms with E-state index < -0.39 is 10.0 Å². The van der Waals surface area contributed by atoms with Crippen LogP contribution in [0.3, 0.4) is 0 Å².